The molecule has 1 aromatic carbocycles. The summed E-state index contributed by atoms with van der Waals surface area (Å²) in [6.45, 7) is 0.177. The van der Waals surface area contributed by atoms with Crippen LogP contribution in [0.1, 0.15) is 10.4 Å². The predicted molar refractivity (Wildman–Crippen MR) is 43.8 cm³/mol. The van der Waals surface area contributed by atoms with Gasteiger partial charge in [0.1, 0.15) is 0 Å². The summed E-state index contributed by atoms with van der Waals surface area (Å²) in [6, 6.07) is 8.87. The molecule has 0 unspecified atom stereocenters. The van der Waals surface area contributed by atoms with Gasteiger partial charge in [-0.2, -0.15) is 0 Å². The fraction of sp³-hybridized carbons (Fsp3) is 0.111. The van der Waals surface area contributed by atoms with Crippen molar-refractivity contribution < 1.29 is 35.7 Å². The fourth-order valence-electron chi connectivity index (χ4n) is 0.870. The number of benzene rings is 1. The molecule has 0 spiro atoms. The molecular formula is C9H8HgNO2. The van der Waals surface area contributed by atoms with Crippen LogP contribution in [0.25, 0.3) is 0 Å². The number of hydrogen-bond acceptors (Lipinski definition) is 2. The summed E-state index contributed by atoms with van der Waals surface area (Å²) in [5.41, 5.74) is 0.595. The molecule has 13 heavy (non-hydrogen) atoms. The molecule has 0 atom stereocenters. The van der Waals surface area contributed by atoms with E-state index in [2.05, 4.69) is 5.32 Å². The molecule has 0 aliphatic rings. The first-order valence-corrected chi connectivity index (χ1v) is 6.63. The number of carbonyl (C=O) groups excluding carboxylic acids is 2. The molecule has 0 saturated heterocycles. The van der Waals surface area contributed by atoms with Gasteiger partial charge in [-0.05, 0) is 0 Å². The van der Waals surface area contributed by atoms with E-state index in [1.807, 2.05) is 6.07 Å². The van der Waals surface area contributed by atoms with Crippen molar-refractivity contribution in [1.29, 1.82) is 0 Å². The quantitative estimate of drug-likeness (QED) is 0.796. The first-order valence-electron chi connectivity index (χ1n) is 3.88. The predicted octanol–water partition coefficient (Wildman–Crippen LogP) is 0.490. The summed E-state index contributed by atoms with van der Waals surface area (Å²) in [7, 11) is 0. The van der Waals surface area contributed by atoms with Crippen molar-refractivity contribution in [2.45, 2.75) is 0 Å². The van der Waals surface area contributed by atoms with Crippen LogP contribution >= 0.6 is 0 Å². The van der Waals surface area contributed by atoms with E-state index in [-0.39, 0.29) is 41.9 Å². The van der Waals surface area contributed by atoms with Crippen molar-refractivity contribution in [3.8, 4) is 0 Å². The summed E-state index contributed by atoms with van der Waals surface area (Å²) in [5.74, 6) is -0.181. The van der Waals surface area contributed by atoms with E-state index in [4.69, 9.17) is 0 Å². The maximum absolute atomic E-state index is 11.3. The summed E-state index contributed by atoms with van der Waals surface area (Å²) >= 11 is 0.102. The molecule has 3 nitrogen and oxygen atoms in total. The van der Waals surface area contributed by atoms with Gasteiger partial charge in [0.25, 0.3) is 0 Å². The van der Waals surface area contributed by atoms with Crippen molar-refractivity contribution >= 4 is 9.20 Å². The molecule has 63 valence electrons. The second-order valence-electron chi connectivity index (χ2n) is 2.59. The van der Waals surface area contributed by atoms with Gasteiger partial charge in [-0.3, -0.25) is 0 Å². The zero-order chi connectivity index (χ0) is 9.68. The van der Waals surface area contributed by atoms with E-state index in [0.29, 0.717) is 5.56 Å². The van der Waals surface area contributed by atoms with Crippen molar-refractivity contribution in [1.82, 2.24) is 5.32 Å². The molecule has 0 aliphatic heterocycles. The molecule has 0 heterocycles. The molecule has 0 aromatic heterocycles. The summed E-state index contributed by atoms with van der Waals surface area (Å²) in [5, 5.41) is 2.56. The first kappa shape index (κ1) is 10.4. The Bertz CT molecular complexity index is 311. The molecule has 0 radical (unpaired) electrons. The van der Waals surface area contributed by atoms with Crippen LogP contribution in [0, 0.1) is 0 Å². The van der Waals surface area contributed by atoms with Crippen LogP contribution in [-0.4, -0.2) is 15.7 Å². The van der Waals surface area contributed by atoms with E-state index in [9.17, 15) is 9.59 Å². The molecular weight excluding hydrogens is 355 g/mol. The van der Waals surface area contributed by atoms with Crippen LogP contribution in [-0.2, 0) is 30.9 Å². The van der Waals surface area contributed by atoms with Gasteiger partial charge in [-0.15, -0.1) is 0 Å². The number of nitrogens with one attached hydrogen (secondary N) is 1. The van der Waals surface area contributed by atoms with Crippen LogP contribution in [0.2, 0.25) is 0 Å². The Morgan fingerprint density at radius 3 is 2.38 bits per heavy atom. The third kappa shape index (κ3) is 3.68. The van der Waals surface area contributed by atoms with Gasteiger partial charge < -0.3 is 0 Å². The minimum atomic E-state index is -0.181. The number of amides is 1. The Morgan fingerprint density at radius 1 is 1.23 bits per heavy atom. The summed E-state index contributed by atoms with van der Waals surface area (Å²) in [6.07, 6.45) is 0. The van der Waals surface area contributed by atoms with Crippen LogP contribution in [0.5, 0.6) is 0 Å². The Kier molecular flexibility index (Phi) is 4.08. The van der Waals surface area contributed by atoms with Gasteiger partial charge in [0.05, 0.1) is 0 Å². The SMILES string of the molecule is O=[C]([Hg])CNC(=O)c1ccccc1. The Labute approximate surface area is 92.5 Å². The standard InChI is InChI=1S/C9H8NO2.Hg/c11-7-6-10-9(12)8-4-2-1-3-5-8;/h1-5H,6H2,(H,10,12);. The topological polar surface area (TPSA) is 46.2 Å². The fourth-order valence-corrected chi connectivity index (χ4v) is 1.36. The Hall–Kier alpha value is -0.705. The van der Waals surface area contributed by atoms with Crippen molar-refractivity contribution in [3.63, 3.8) is 0 Å². The van der Waals surface area contributed by atoms with E-state index < -0.39 is 0 Å². The van der Waals surface area contributed by atoms with Crippen molar-refractivity contribution in [2.75, 3.05) is 6.54 Å². The average molecular weight is 363 g/mol. The molecule has 0 aliphatic carbocycles. The third-order valence-electron chi connectivity index (χ3n) is 1.48. The van der Waals surface area contributed by atoms with Crippen LogP contribution in [0.3, 0.4) is 0 Å². The second kappa shape index (κ2) is 5.12. The summed E-state index contributed by atoms with van der Waals surface area (Å²) in [4.78, 5) is 22.0. The molecule has 4 heteroatoms. The maximum atomic E-state index is 11.3. The van der Waals surface area contributed by atoms with Gasteiger partial charge in [0.15, 0.2) is 0 Å². The molecule has 1 N–H and O–H groups in total. The van der Waals surface area contributed by atoms with E-state index in [1.54, 1.807) is 24.3 Å². The molecule has 0 bridgehead atoms. The first-order chi connectivity index (χ1) is 6.20. The normalized spacial score (nSPS) is 9.38. The molecule has 1 rings (SSSR count). The van der Waals surface area contributed by atoms with Gasteiger partial charge >= 0.3 is 92.7 Å². The molecule has 1 amide bonds. The van der Waals surface area contributed by atoms with Gasteiger partial charge in [-0.25, -0.2) is 0 Å². The average Bonchev–Trinajstić information content (AvgIpc) is 2.15. The molecule has 1 aromatic rings. The van der Waals surface area contributed by atoms with Gasteiger partial charge in [0, 0.05) is 0 Å². The van der Waals surface area contributed by atoms with Crippen LogP contribution in [0.15, 0.2) is 30.3 Å². The van der Waals surface area contributed by atoms with E-state index in [1.165, 1.54) is 0 Å². The molecule has 0 fully saturated rings. The third-order valence-corrected chi connectivity index (χ3v) is 2.45. The molecule has 0 saturated carbocycles. The van der Waals surface area contributed by atoms with Crippen molar-refractivity contribution in [2.24, 2.45) is 0 Å². The zero-order valence-electron chi connectivity index (χ0n) is 7.12. The summed E-state index contributed by atoms with van der Waals surface area (Å²) < 4.78 is 0.143. The second-order valence-corrected chi connectivity index (χ2v) is 5.65. The van der Waals surface area contributed by atoms with Crippen molar-refractivity contribution in [3.05, 3.63) is 35.9 Å². The minimum absolute atomic E-state index is 0.102. The van der Waals surface area contributed by atoms with Gasteiger partial charge in [0.2, 0.25) is 0 Å². The van der Waals surface area contributed by atoms with Crippen LogP contribution < -0.4 is 5.32 Å². The van der Waals surface area contributed by atoms with E-state index in [0.717, 1.165) is 0 Å². The van der Waals surface area contributed by atoms with Gasteiger partial charge in [-0.1, -0.05) is 0 Å². The number of carbonyl (C=O) groups is 2. The zero-order valence-corrected chi connectivity index (χ0v) is 12.6. The number of hydrogen-bond donors (Lipinski definition) is 1. The number of rotatable bonds is 3. The monoisotopic (exact) mass is 364 g/mol. The Balaban J connectivity index is 2.54. The van der Waals surface area contributed by atoms with Crippen LogP contribution in [0.4, 0.5) is 0 Å². The Morgan fingerprint density at radius 2 is 1.85 bits per heavy atom. The van der Waals surface area contributed by atoms with E-state index >= 15 is 0 Å².